The Morgan fingerprint density at radius 2 is 1.81 bits per heavy atom. The molecule has 1 saturated carbocycles. The van der Waals surface area contributed by atoms with E-state index in [9.17, 15) is 9.59 Å². The van der Waals surface area contributed by atoms with Crippen LogP contribution in [0.1, 0.15) is 40.5 Å². The lowest BCUT2D eigenvalue weighted by Gasteiger charge is -2.42. The molecule has 3 nitrogen and oxygen atoms in total. The van der Waals surface area contributed by atoms with Gasteiger partial charge in [-0.05, 0) is 25.9 Å². The maximum Gasteiger partial charge on any atom is 0.308 e. The topological polar surface area (TPSA) is 46.5 Å². The van der Waals surface area contributed by atoms with Gasteiger partial charge in [-0.3, -0.25) is 4.79 Å². The fraction of sp³-hybridized carbons (Fsp3) is 0.917. The highest BCUT2D eigenvalue weighted by Gasteiger charge is 2.64. The second-order valence-corrected chi connectivity index (χ2v) is 10.6. The highest BCUT2D eigenvalue weighted by Crippen LogP contribution is 2.61. The molecule has 0 amide bonds. The van der Waals surface area contributed by atoms with E-state index in [0.29, 0.717) is 0 Å². The normalized spacial score (nSPS) is 19.8. The maximum absolute atomic E-state index is 11.7. The van der Waals surface area contributed by atoms with Gasteiger partial charge in [-0.15, -0.1) is 0 Å². The molecule has 16 heavy (non-hydrogen) atoms. The van der Waals surface area contributed by atoms with Crippen LogP contribution < -0.4 is 0 Å². The number of hydrogen-bond donors (Lipinski definition) is 1. The molecule has 0 spiro atoms. The van der Waals surface area contributed by atoms with E-state index in [1.165, 1.54) is 0 Å². The predicted octanol–water partition coefficient (Wildman–Crippen LogP) is 2.70. The molecule has 0 heterocycles. The predicted molar refractivity (Wildman–Crippen MR) is 66.6 cm³/mol. The summed E-state index contributed by atoms with van der Waals surface area (Å²) in [5.41, 5.74) is -0.404. The van der Waals surface area contributed by atoms with Crippen molar-refractivity contribution in [2.75, 3.05) is 0 Å². The lowest BCUT2D eigenvalue weighted by Crippen LogP contribution is -2.49. The van der Waals surface area contributed by atoms with E-state index in [2.05, 4.69) is 0 Å². The van der Waals surface area contributed by atoms with Crippen molar-refractivity contribution < 1.29 is 14.3 Å². The summed E-state index contributed by atoms with van der Waals surface area (Å²) in [7, 11) is -2.34. The zero-order chi connectivity index (χ0) is 12.8. The first-order valence-corrected chi connectivity index (χ1v) is 8.93. The number of esters is 1. The van der Waals surface area contributed by atoms with E-state index >= 15 is 0 Å². The lowest BCUT2D eigenvalue weighted by atomic mass is 10.0. The van der Waals surface area contributed by atoms with Gasteiger partial charge in [0.2, 0.25) is 0 Å². The Balaban J connectivity index is 2.83. The van der Waals surface area contributed by atoms with Gasteiger partial charge in [0.1, 0.15) is 5.60 Å². The monoisotopic (exact) mass is 244 g/mol. The Kier molecular flexibility index (Phi) is 3.29. The second kappa shape index (κ2) is 3.84. The number of carbonyl (C=O) groups excluding carboxylic acids is 1. The fourth-order valence-corrected chi connectivity index (χ4v) is 3.25. The van der Waals surface area contributed by atoms with Gasteiger partial charge in [0.15, 0.2) is 8.32 Å². The first kappa shape index (κ1) is 13.7. The maximum atomic E-state index is 11.7. The summed E-state index contributed by atoms with van der Waals surface area (Å²) in [5, 5.41) is -0.287. The van der Waals surface area contributed by atoms with Crippen molar-refractivity contribution >= 4 is 14.3 Å². The molecule has 0 unspecified atom stereocenters. The molecule has 1 fully saturated rings. The third kappa shape index (κ3) is 2.18. The largest absolute Gasteiger partial charge is 0.459 e. The Hall–Kier alpha value is -0.353. The third-order valence-electron chi connectivity index (χ3n) is 4.14. The minimum Gasteiger partial charge on any atom is -0.459 e. The Bertz CT molecular complexity index is 285. The number of rotatable bonds is 4. The molecule has 1 aliphatic rings. The standard InChI is InChI=1S/C12H24O3Si/c1-9(2)10(13)15-12(7-8-12)11(3,4)16(5,6)14/h9,14H,7-8H2,1-6H3. The van der Waals surface area contributed by atoms with Crippen LogP contribution >= 0.6 is 0 Å². The molecule has 0 aliphatic heterocycles. The quantitative estimate of drug-likeness (QED) is 0.611. The molecule has 0 atom stereocenters. The van der Waals surface area contributed by atoms with E-state index in [0.717, 1.165) is 12.8 Å². The number of carbonyl (C=O) groups is 1. The molecule has 0 bridgehead atoms. The van der Waals surface area contributed by atoms with E-state index < -0.39 is 13.9 Å². The Labute approximate surface area is 99.3 Å². The molecule has 1 rings (SSSR count). The zero-order valence-corrected chi connectivity index (χ0v) is 12.3. The van der Waals surface area contributed by atoms with Crippen LogP contribution in [-0.2, 0) is 9.53 Å². The van der Waals surface area contributed by atoms with Crippen LogP contribution in [-0.4, -0.2) is 24.7 Å². The molecule has 0 aromatic carbocycles. The van der Waals surface area contributed by atoms with E-state index in [1.54, 1.807) is 0 Å². The molecule has 4 heteroatoms. The van der Waals surface area contributed by atoms with Crippen LogP contribution in [0.5, 0.6) is 0 Å². The summed E-state index contributed by atoms with van der Waals surface area (Å²) >= 11 is 0. The lowest BCUT2D eigenvalue weighted by molar-refractivity contribution is -0.157. The van der Waals surface area contributed by atoms with E-state index in [1.807, 2.05) is 40.8 Å². The summed E-state index contributed by atoms with van der Waals surface area (Å²) in [6.07, 6.45) is 1.77. The Morgan fingerprint density at radius 1 is 1.38 bits per heavy atom. The van der Waals surface area contributed by atoms with Gasteiger partial charge in [0, 0.05) is 5.04 Å². The minimum absolute atomic E-state index is 0.100. The fourth-order valence-electron chi connectivity index (χ4n) is 1.84. The van der Waals surface area contributed by atoms with Crippen molar-refractivity contribution in [3.63, 3.8) is 0 Å². The van der Waals surface area contributed by atoms with Crippen molar-refractivity contribution in [3.05, 3.63) is 0 Å². The number of hydrogen-bond acceptors (Lipinski definition) is 3. The first-order chi connectivity index (χ1) is 7.03. The molecular formula is C12H24O3Si. The van der Waals surface area contributed by atoms with Gasteiger partial charge in [0.25, 0.3) is 0 Å². The molecular weight excluding hydrogens is 220 g/mol. The van der Waals surface area contributed by atoms with Crippen molar-refractivity contribution in [3.8, 4) is 0 Å². The average molecular weight is 244 g/mol. The summed E-state index contributed by atoms with van der Waals surface area (Å²) < 4.78 is 5.64. The SMILES string of the molecule is CC(C)C(=O)OC1(C(C)(C)[Si](C)(C)O)CC1. The van der Waals surface area contributed by atoms with Crippen LogP contribution in [0.3, 0.4) is 0 Å². The smallest absolute Gasteiger partial charge is 0.308 e. The van der Waals surface area contributed by atoms with Crippen LogP contribution in [0.2, 0.25) is 18.1 Å². The molecule has 0 radical (unpaired) electrons. The summed E-state index contributed by atoms with van der Waals surface area (Å²) in [5.74, 6) is -0.249. The van der Waals surface area contributed by atoms with Crippen molar-refractivity contribution in [1.82, 2.24) is 0 Å². The van der Waals surface area contributed by atoms with Crippen LogP contribution in [0.25, 0.3) is 0 Å². The summed E-state index contributed by atoms with van der Waals surface area (Å²) in [6, 6.07) is 0. The Morgan fingerprint density at radius 3 is 2.06 bits per heavy atom. The van der Waals surface area contributed by atoms with E-state index in [4.69, 9.17) is 4.74 Å². The van der Waals surface area contributed by atoms with Crippen LogP contribution in [0.4, 0.5) is 0 Å². The zero-order valence-electron chi connectivity index (χ0n) is 11.3. The highest BCUT2D eigenvalue weighted by molar-refractivity contribution is 6.73. The van der Waals surface area contributed by atoms with Gasteiger partial charge in [0.05, 0.1) is 5.92 Å². The van der Waals surface area contributed by atoms with Crippen molar-refractivity contribution in [1.29, 1.82) is 0 Å². The van der Waals surface area contributed by atoms with Gasteiger partial charge >= 0.3 is 5.97 Å². The van der Waals surface area contributed by atoms with Gasteiger partial charge in [-0.1, -0.05) is 27.7 Å². The molecule has 1 aliphatic carbocycles. The second-order valence-electron chi connectivity index (χ2n) is 6.25. The molecule has 94 valence electrons. The summed E-state index contributed by atoms with van der Waals surface area (Å²) in [6.45, 7) is 11.6. The molecule has 0 aromatic heterocycles. The van der Waals surface area contributed by atoms with Gasteiger partial charge in [-0.2, -0.15) is 0 Å². The molecule has 1 N–H and O–H groups in total. The average Bonchev–Trinajstić information content (AvgIpc) is 2.83. The van der Waals surface area contributed by atoms with Crippen molar-refractivity contribution in [2.45, 2.75) is 64.3 Å². The molecule has 0 aromatic rings. The van der Waals surface area contributed by atoms with Crippen molar-refractivity contribution in [2.24, 2.45) is 5.92 Å². The van der Waals surface area contributed by atoms with Crippen LogP contribution in [0.15, 0.2) is 0 Å². The molecule has 0 saturated heterocycles. The van der Waals surface area contributed by atoms with Crippen LogP contribution in [0, 0.1) is 5.92 Å². The third-order valence-corrected chi connectivity index (χ3v) is 7.65. The van der Waals surface area contributed by atoms with Gasteiger partial charge < -0.3 is 9.53 Å². The van der Waals surface area contributed by atoms with Gasteiger partial charge in [-0.25, -0.2) is 0 Å². The first-order valence-electron chi connectivity index (χ1n) is 5.99. The highest BCUT2D eigenvalue weighted by atomic mass is 28.4. The minimum atomic E-state index is -2.34. The summed E-state index contributed by atoms with van der Waals surface area (Å²) in [4.78, 5) is 22.0. The number of ether oxygens (including phenoxy) is 1. The van der Waals surface area contributed by atoms with E-state index in [-0.39, 0.29) is 16.9 Å².